The Hall–Kier alpha value is -0.0800. The molecule has 2 nitrogen and oxygen atoms in total. The highest BCUT2D eigenvalue weighted by Gasteiger charge is 2.27. The molecule has 0 unspecified atom stereocenters. The lowest BCUT2D eigenvalue weighted by Crippen LogP contribution is -2.45. The lowest BCUT2D eigenvalue weighted by atomic mass is 9.80. The lowest BCUT2D eigenvalue weighted by molar-refractivity contribution is 0.108. The van der Waals surface area contributed by atoms with Crippen LogP contribution in [0, 0.1) is 11.3 Å². The van der Waals surface area contributed by atoms with Crippen LogP contribution in [-0.4, -0.2) is 37.6 Å². The highest BCUT2D eigenvalue weighted by Crippen LogP contribution is 2.28. The lowest BCUT2D eigenvalue weighted by Gasteiger charge is -2.39. The molecule has 1 saturated heterocycles. The van der Waals surface area contributed by atoms with Crippen molar-refractivity contribution in [1.82, 2.24) is 10.2 Å². The van der Waals surface area contributed by atoms with Crippen LogP contribution >= 0.6 is 0 Å². The first-order valence-electron chi connectivity index (χ1n) is 6.35. The van der Waals surface area contributed by atoms with Gasteiger partial charge in [-0.25, -0.2) is 0 Å². The van der Waals surface area contributed by atoms with Gasteiger partial charge in [-0.05, 0) is 44.3 Å². The molecule has 1 N–H and O–H groups in total. The SMILES string of the molecule is CNC1CCN(CC(C)(C)C(C)C)CC1. The number of rotatable bonds is 4. The van der Waals surface area contributed by atoms with Gasteiger partial charge in [0.2, 0.25) is 0 Å². The zero-order valence-corrected chi connectivity index (χ0v) is 11.1. The van der Waals surface area contributed by atoms with Crippen molar-refractivity contribution in [2.75, 3.05) is 26.7 Å². The Morgan fingerprint density at radius 3 is 2.20 bits per heavy atom. The molecule has 0 aromatic rings. The van der Waals surface area contributed by atoms with Gasteiger partial charge >= 0.3 is 0 Å². The predicted octanol–water partition coefficient (Wildman–Crippen LogP) is 2.35. The van der Waals surface area contributed by atoms with Gasteiger partial charge in [-0.3, -0.25) is 0 Å². The van der Waals surface area contributed by atoms with Crippen LogP contribution in [0.1, 0.15) is 40.5 Å². The van der Waals surface area contributed by atoms with Gasteiger partial charge in [-0.1, -0.05) is 27.7 Å². The Kier molecular flexibility index (Phi) is 4.60. The predicted molar refractivity (Wildman–Crippen MR) is 67.1 cm³/mol. The number of nitrogens with one attached hydrogen (secondary N) is 1. The van der Waals surface area contributed by atoms with E-state index in [1.807, 2.05) is 0 Å². The highest BCUT2D eigenvalue weighted by molar-refractivity contribution is 4.82. The summed E-state index contributed by atoms with van der Waals surface area (Å²) in [6.07, 6.45) is 2.62. The Morgan fingerprint density at radius 2 is 1.80 bits per heavy atom. The third-order valence-electron chi connectivity index (χ3n) is 4.19. The van der Waals surface area contributed by atoms with Crippen LogP contribution in [0.15, 0.2) is 0 Å². The monoisotopic (exact) mass is 212 g/mol. The highest BCUT2D eigenvalue weighted by atomic mass is 15.1. The number of hydrogen-bond donors (Lipinski definition) is 1. The first-order valence-corrected chi connectivity index (χ1v) is 6.35. The Labute approximate surface area is 95.4 Å². The molecule has 0 aromatic carbocycles. The second-order valence-corrected chi connectivity index (χ2v) is 5.98. The summed E-state index contributed by atoms with van der Waals surface area (Å²) in [5, 5.41) is 3.38. The molecule has 90 valence electrons. The maximum Gasteiger partial charge on any atom is 0.00884 e. The third-order valence-corrected chi connectivity index (χ3v) is 4.19. The molecule has 2 heteroatoms. The van der Waals surface area contributed by atoms with Crippen molar-refractivity contribution >= 4 is 0 Å². The Morgan fingerprint density at radius 1 is 1.27 bits per heavy atom. The summed E-state index contributed by atoms with van der Waals surface area (Å²) < 4.78 is 0. The van der Waals surface area contributed by atoms with E-state index in [1.165, 1.54) is 32.5 Å². The van der Waals surface area contributed by atoms with Crippen LogP contribution in [0.5, 0.6) is 0 Å². The summed E-state index contributed by atoms with van der Waals surface area (Å²) >= 11 is 0. The maximum atomic E-state index is 3.38. The molecule has 0 atom stereocenters. The van der Waals surface area contributed by atoms with Gasteiger partial charge in [0.1, 0.15) is 0 Å². The van der Waals surface area contributed by atoms with Crippen molar-refractivity contribution in [2.24, 2.45) is 11.3 Å². The molecule has 1 heterocycles. The fraction of sp³-hybridized carbons (Fsp3) is 1.00. The maximum absolute atomic E-state index is 3.38. The molecular weight excluding hydrogens is 184 g/mol. The van der Waals surface area contributed by atoms with Gasteiger partial charge < -0.3 is 10.2 Å². The van der Waals surface area contributed by atoms with Crippen molar-refractivity contribution in [1.29, 1.82) is 0 Å². The summed E-state index contributed by atoms with van der Waals surface area (Å²) in [5.41, 5.74) is 0.451. The van der Waals surface area contributed by atoms with E-state index in [4.69, 9.17) is 0 Å². The summed E-state index contributed by atoms with van der Waals surface area (Å²) in [4.78, 5) is 2.63. The quantitative estimate of drug-likeness (QED) is 0.769. The van der Waals surface area contributed by atoms with Crippen LogP contribution in [0.25, 0.3) is 0 Å². The molecule has 1 fully saturated rings. The average Bonchev–Trinajstić information content (AvgIpc) is 2.18. The summed E-state index contributed by atoms with van der Waals surface area (Å²) in [5.74, 6) is 0.763. The normalized spacial score (nSPS) is 21.2. The first-order chi connectivity index (χ1) is 6.95. The molecule has 0 saturated carbocycles. The molecule has 15 heavy (non-hydrogen) atoms. The Bertz CT molecular complexity index is 179. The van der Waals surface area contributed by atoms with E-state index >= 15 is 0 Å². The fourth-order valence-electron chi connectivity index (χ4n) is 2.14. The number of likely N-dealkylation sites (tertiary alicyclic amines) is 1. The van der Waals surface area contributed by atoms with Gasteiger partial charge in [0.05, 0.1) is 0 Å². The zero-order chi connectivity index (χ0) is 11.5. The van der Waals surface area contributed by atoms with Gasteiger partial charge in [-0.2, -0.15) is 0 Å². The van der Waals surface area contributed by atoms with Gasteiger partial charge in [0.15, 0.2) is 0 Å². The van der Waals surface area contributed by atoms with Gasteiger partial charge in [0, 0.05) is 12.6 Å². The van der Waals surface area contributed by atoms with Crippen LogP contribution in [0.3, 0.4) is 0 Å². The first kappa shape index (κ1) is 13.0. The van der Waals surface area contributed by atoms with Crippen molar-refractivity contribution < 1.29 is 0 Å². The molecule has 1 aliphatic rings. The second-order valence-electron chi connectivity index (χ2n) is 5.98. The molecule has 1 aliphatic heterocycles. The van der Waals surface area contributed by atoms with E-state index in [-0.39, 0.29) is 0 Å². The van der Waals surface area contributed by atoms with Gasteiger partial charge in [-0.15, -0.1) is 0 Å². The fourth-order valence-corrected chi connectivity index (χ4v) is 2.14. The Balaban J connectivity index is 2.35. The standard InChI is InChI=1S/C13H28N2/c1-11(2)13(3,4)10-15-8-6-12(14-5)7-9-15/h11-12,14H,6-10H2,1-5H3. The molecule has 0 aliphatic carbocycles. The minimum Gasteiger partial charge on any atom is -0.317 e. The number of hydrogen-bond acceptors (Lipinski definition) is 2. The van der Waals surface area contributed by atoms with E-state index in [1.54, 1.807) is 0 Å². The van der Waals surface area contributed by atoms with Crippen molar-refractivity contribution in [2.45, 2.75) is 46.6 Å². The van der Waals surface area contributed by atoms with Gasteiger partial charge in [0.25, 0.3) is 0 Å². The second kappa shape index (κ2) is 5.31. The van der Waals surface area contributed by atoms with E-state index < -0.39 is 0 Å². The van der Waals surface area contributed by atoms with Crippen molar-refractivity contribution in [3.8, 4) is 0 Å². The van der Waals surface area contributed by atoms with Crippen molar-refractivity contribution in [3.05, 3.63) is 0 Å². The zero-order valence-electron chi connectivity index (χ0n) is 11.1. The van der Waals surface area contributed by atoms with Crippen LogP contribution in [0.2, 0.25) is 0 Å². The van der Waals surface area contributed by atoms with E-state index in [2.05, 4.69) is 45.0 Å². The molecule has 0 aromatic heterocycles. The average molecular weight is 212 g/mol. The smallest absolute Gasteiger partial charge is 0.00884 e. The summed E-state index contributed by atoms with van der Waals surface area (Å²) in [7, 11) is 2.08. The minimum absolute atomic E-state index is 0.451. The van der Waals surface area contributed by atoms with Crippen LogP contribution in [0.4, 0.5) is 0 Å². The molecule has 0 amide bonds. The molecule has 0 spiro atoms. The van der Waals surface area contributed by atoms with E-state index in [9.17, 15) is 0 Å². The minimum atomic E-state index is 0.451. The van der Waals surface area contributed by atoms with E-state index in [0.717, 1.165) is 12.0 Å². The third kappa shape index (κ3) is 3.76. The summed E-state index contributed by atoms with van der Waals surface area (Å²) in [6, 6.07) is 0.753. The number of piperidine rings is 1. The molecule has 0 radical (unpaired) electrons. The molecular formula is C13H28N2. The largest absolute Gasteiger partial charge is 0.317 e. The summed E-state index contributed by atoms with van der Waals surface area (Å²) in [6.45, 7) is 13.2. The van der Waals surface area contributed by atoms with Crippen LogP contribution in [-0.2, 0) is 0 Å². The van der Waals surface area contributed by atoms with Crippen molar-refractivity contribution in [3.63, 3.8) is 0 Å². The van der Waals surface area contributed by atoms with E-state index in [0.29, 0.717) is 5.41 Å². The number of nitrogens with zero attached hydrogens (tertiary/aromatic N) is 1. The topological polar surface area (TPSA) is 15.3 Å². The van der Waals surface area contributed by atoms with Crippen LogP contribution < -0.4 is 5.32 Å². The molecule has 0 bridgehead atoms. The molecule has 1 rings (SSSR count).